The molecule has 3 N–H and O–H groups in total. The van der Waals surface area contributed by atoms with Gasteiger partial charge in [0, 0.05) is 7.11 Å². The number of unbranched alkanes of at least 4 members (excludes halogenated alkanes) is 1. The maximum Gasteiger partial charge on any atom is 0.244 e. The molecule has 0 unspecified atom stereocenters. The number of nitriles is 1. The second kappa shape index (κ2) is 8.67. The van der Waals surface area contributed by atoms with Crippen LogP contribution in [0.5, 0.6) is 17.4 Å². The minimum absolute atomic E-state index is 0.0395. The number of nitrogens with two attached hydrogens (primary N) is 1. The minimum Gasteiger partial charge on any atom is -0.493 e. The molecule has 0 saturated heterocycles. The Morgan fingerprint density at radius 1 is 1.32 bits per heavy atom. The van der Waals surface area contributed by atoms with E-state index >= 15 is 0 Å². The molecule has 0 spiro atoms. The summed E-state index contributed by atoms with van der Waals surface area (Å²) in [6.45, 7) is 3.02. The molecule has 0 fully saturated rings. The summed E-state index contributed by atoms with van der Waals surface area (Å²) in [6, 6.07) is 7.78. The van der Waals surface area contributed by atoms with Crippen LogP contribution in [0.2, 0.25) is 0 Å². The monoisotopic (exact) mass is 384 g/mol. The third-order valence-electron chi connectivity index (χ3n) is 4.58. The Balaban J connectivity index is 2.06. The first-order valence-corrected chi connectivity index (χ1v) is 9.08. The molecule has 1 atom stereocenters. The van der Waals surface area contributed by atoms with E-state index in [-0.39, 0.29) is 5.88 Å². The van der Waals surface area contributed by atoms with Crippen LogP contribution in [0.4, 0.5) is 0 Å². The largest absolute Gasteiger partial charge is 0.493 e. The highest BCUT2D eigenvalue weighted by Crippen LogP contribution is 2.44. The molecule has 1 aliphatic heterocycles. The molecular formula is C20H24N4O4. The van der Waals surface area contributed by atoms with Crippen molar-refractivity contribution in [3.8, 4) is 23.4 Å². The number of nitrogens with one attached hydrogen (secondary N) is 1. The number of aromatic amines is 1. The summed E-state index contributed by atoms with van der Waals surface area (Å²) < 4.78 is 22.1. The predicted octanol–water partition coefficient (Wildman–Crippen LogP) is 2.96. The van der Waals surface area contributed by atoms with E-state index in [9.17, 15) is 5.26 Å². The van der Waals surface area contributed by atoms with Gasteiger partial charge in [-0.2, -0.15) is 5.26 Å². The van der Waals surface area contributed by atoms with Gasteiger partial charge in [0.1, 0.15) is 11.6 Å². The minimum atomic E-state index is -0.448. The lowest BCUT2D eigenvalue weighted by atomic mass is 9.84. The molecule has 3 rings (SSSR count). The van der Waals surface area contributed by atoms with E-state index in [4.69, 9.17) is 24.7 Å². The predicted molar refractivity (Wildman–Crippen MR) is 102 cm³/mol. The molecule has 148 valence electrons. The first-order valence-electron chi connectivity index (χ1n) is 9.08. The Labute approximate surface area is 163 Å². The highest BCUT2D eigenvalue weighted by Gasteiger charge is 2.35. The number of aromatic nitrogens is 2. The zero-order chi connectivity index (χ0) is 20.1. The molecule has 28 heavy (non-hydrogen) atoms. The fraction of sp³-hybridized carbons (Fsp3) is 0.400. The average Bonchev–Trinajstić information content (AvgIpc) is 3.09. The summed E-state index contributed by atoms with van der Waals surface area (Å²) in [6.07, 6.45) is 2.01. The zero-order valence-electron chi connectivity index (χ0n) is 16.2. The number of rotatable bonds is 8. The molecule has 0 bridgehead atoms. The van der Waals surface area contributed by atoms with Gasteiger partial charge in [-0.3, -0.25) is 5.10 Å². The molecule has 0 aliphatic carbocycles. The fourth-order valence-corrected chi connectivity index (χ4v) is 3.21. The molecule has 2 heterocycles. The van der Waals surface area contributed by atoms with Gasteiger partial charge in [0.05, 0.1) is 37.5 Å². The van der Waals surface area contributed by atoms with Crippen molar-refractivity contribution in [2.24, 2.45) is 5.73 Å². The second-order valence-corrected chi connectivity index (χ2v) is 6.39. The van der Waals surface area contributed by atoms with Crippen LogP contribution in [-0.4, -0.2) is 31.0 Å². The Hall–Kier alpha value is -3.18. The van der Waals surface area contributed by atoms with Crippen LogP contribution in [0, 0.1) is 11.3 Å². The van der Waals surface area contributed by atoms with Crippen molar-refractivity contribution in [3.63, 3.8) is 0 Å². The highest BCUT2D eigenvalue weighted by molar-refractivity contribution is 5.57. The van der Waals surface area contributed by atoms with E-state index in [2.05, 4.69) is 23.2 Å². The molecule has 1 aromatic heterocycles. The Morgan fingerprint density at radius 3 is 2.82 bits per heavy atom. The maximum atomic E-state index is 9.72. The number of methoxy groups -OCH3 is 2. The number of hydrogen-bond donors (Lipinski definition) is 2. The van der Waals surface area contributed by atoms with Gasteiger partial charge in [-0.1, -0.05) is 19.4 Å². The van der Waals surface area contributed by atoms with E-state index in [1.165, 1.54) is 0 Å². The number of nitrogens with zero attached hydrogens (tertiary/aromatic N) is 2. The van der Waals surface area contributed by atoms with Crippen molar-refractivity contribution >= 4 is 0 Å². The number of ether oxygens (including phenoxy) is 4. The molecule has 8 nitrogen and oxygen atoms in total. The van der Waals surface area contributed by atoms with Gasteiger partial charge in [-0.05, 0) is 24.1 Å². The van der Waals surface area contributed by atoms with Crippen LogP contribution in [0.1, 0.15) is 42.5 Å². The van der Waals surface area contributed by atoms with Crippen molar-refractivity contribution in [1.82, 2.24) is 10.2 Å². The van der Waals surface area contributed by atoms with Crippen molar-refractivity contribution < 1.29 is 18.9 Å². The van der Waals surface area contributed by atoms with E-state index in [1.54, 1.807) is 14.2 Å². The summed E-state index contributed by atoms with van der Waals surface area (Å²) in [4.78, 5) is 0. The smallest absolute Gasteiger partial charge is 0.244 e. The van der Waals surface area contributed by atoms with E-state index in [1.807, 2.05) is 18.2 Å². The number of benzene rings is 1. The standard InChI is InChI=1S/C20H24N4O4/c1-4-5-8-27-15-7-6-12(9-16(15)26-3)17-13(10-21)19(22)28-20-18(17)14(11-25-2)23-24-20/h6-7,9,17H,4-5,8,11,22H2,1-3H3,(H,23,24)/t17-/m1/s1. The Kier molecular flexibility index (Phi) is 6.06. The van der Waals surface area contributed by atoms with E-state index in [0.29, 0.717) is 36.2 Å². The summed E-state index contributed by atoms with van der Waals surface area (Å²) in [7, 11) is 3.18. The lowest BCUT2D eigenvalue weighted by Gasteiger charge is -2.24. The van der Waals surface area contributed by atoms with E-state index in [0.717, 1.165) is 29.7 Å². The van der Waals surface area contributed by atoms with Gasteiger partial charge in [0.25, 0.3) is 0 Å². The number of H-pyrrole nitrogens is 1. The number of fused-ring (bicyclic) bond motifs is 1. The lowest BCUT2D eigenvalue weighted by Crippen LogP contribution is -2.21. The summed E-state index contributed by atoms with van der Waals surface area (Å²) in [5.41, 5.74) is 8.58. The average molecular weight is 384 g/mol. The van der Waals surface area contributed by atoms with Gasteiger partial charge >= 0.3 is 0 Å². The molecule has 8 heteroatoms. The SMILES string of the molecule is CCCCOc1ccc([C@@H]2C(C#N)=C(N)Oc3n[nH]c(COC)c32)cc1OC. The lowest BCUT2D eigenvalue weighted by molar-refractivity contribution is 0.180. The van der Waals surface area contributed by atoms with Gasteiger partial charge in [0.15, 0.2) is 11.5 Å². The summed E-state index contributed by atoms with van der Waals surface area (Å²) >= 11 is 0. The molecule has 0 amide bonds. The maximum absolute atomic E-state index is 9.72. The molecule has 2 aromatic rings. The number of allylic oxidation sites excluding steroid dienone is 1. The Morgan fingerprint density at radius 2 is 2.14 bits per heavy atom. The van der Waals surface area contributed by atoms with Crippen LogP contribution >= 0.6 is 0 Å². The third-order valence-corrected chi connectivity index (χ3v) is 4.58. The zero-order valence-corrected chi connectivity index (χ0v) is 16.2. The van der Waals surface area contributed by atoms with Crippen molar-refractivity contribution in [2.75, 3.05) is 20.8 Å². The van der Waals surface area contributed by atoms with Crippen molar-refractivity contribution in [2.45, 2.75) is 32.3 Å². The quantitative estimate of drug-likeness (QED) is 0.672. The van der Waals surface area contributed by atoms with Crippen LogP contribution < -0.4 is 19.9 Å². The summed E-state index contributed by atoms with van der Waals surface area (Å²) in [5.74, 6) is 1.19. The van der Waals surface area contributed by atoms with Crippen LogP contribution in [0.3, 0.4) is 0 Å². The van der Waals surface area contributed by atoms with Gasteiger partial charge in [-0.15, -0.1) is 5.10 Å². The highest BCUT2D eigenvalue weighted by atomic mass is 16.5. The molecule has 1 aromatic carbocycles. The molecular weight excluding hydrogens is 360 g/mol. The van der Waals surface area contributed by atoms with Crippen molar-refractivity contribution in [1.29, 1.82) is 5.26 Å². The van der Waals surface area contributed by atoms with Gasteiger partial charge < -0.3 is 24.7 Å². The molecule has 0 saturated carbocycles. The van der Waals surface area contributed by atoms with Crippen LogP contribution in [0.15, 0.2) is 29.7 Å². The van der Waals surface area contributed by atoms with Crippen molar-refractivity contribution in [3.05, 3.63) is 46.5 Å². The van der Waals surface area contributed by atoms with Gasteiger partial charge in [0.2, 0.25) is 11.8 Å². The second-order valence-electron chi connectivity index (χ2n) is 6.39. The molecule has 1 aliphatic rings. The summed E-state index contributed by atoms with van der Waals surface area (Å²) in [5, 5.41) is 16.8. The number of hydrogen-bond acceptors (Lipinski definition) is 7. The Bertz CT molecular complexity index is 913. The van der Waals surface area contributed by atoms with Crippen LogP contribution in [0.25, 0.3) is 0 Å². The first-order chi connectivity index (χ1) is 13.6. The normalized spacial score (nSPS) is 15.6. The molecule has 0 radical (unpaired) electrons. The topological polar surface area (TPSA) is 115 Å². The van der Waals surface area contributed by atoms with Gasteiger partial charge in [-0.25, -0.2) is 0 Å². The van der Waals surface area contributed by atoms with E-state index < -0.39 is 5.92 Å². The third kappa shape index (κ3) is 3.62. The first kappa shape index (κ1) is 19.6. The van der Waals surface area contributed by atoms with Crippen LogP contribution in [-0.2, 0) is 11.3 Å². The fourth-order valence-electron chi connectivity index (χ4n) is 3.21.